The Morgan fingerprint density at radius 1 is 1.19 bits per heavy atom. The number of aromatic nitrogens is 2. The predicted octanol–water partition coefficient (Wildman–Crippen LogP) is 2.61. The van der Waals surface area contributed by atoms with E-state index >= 15 is 0 Å². The lowest BCUT2D eigenvalue weighted by molar-refractivity contribution is 0.420. The average Bonchev–Trinajstić information content (AvgIpc) is 2.41. The van der Waals surface area contributed by atoms with E-state index in [-0.39, 0.29) is 11.0 Å². The van der Waals surface area contributed by atoms with Gasteiger partial charge >= 0.3 is 0 Å². The summed E-state index contributed by atoms with van der Waals surface area (Å²) < 4.78 is 1.90. The summed E-state index contributed by atoms with van der Waals surface area (Å²) in [6.45, 7) is 14.0. The van der Waals surface area contributed by atoms with Gasteiger partial charge in [0.05, 0.1) is 5.69 Å². The topological polar surface area (TPSA) is 29.9 Å². The molecule has 16 heavy (non-hydrogen) atoms. The van der Waals surface area contributed by atoms with Crippen LogP contribution in [0.25, 0.3) is 0 Å². The van der Waals surface area contributed by atoms with E-state index < -0.39 is 0 Å². The molecule has 1 aromatic heterocycles. The number of rotatable bonds is 2. The summed E-state index contributed by atoms with van der Waals surface area (Å²) in [7, 11) is 1.98. The molecule has 0 saturated heterocycles. The van der Waals surface area contributed by atoms with E-state index in [1.54, 1.807) is 0 Å². The number of hydrogen-bond acceptors (Lipinski definition) is 2. The molecule has 0 unspecified atom stereocenters. The Balaban J connectivity index is 2.88. The van der Waals surface area contributed by atoms with Crippen molar-refractivity contribution in [3.8, 4) is 0 Å². The van der Waals surface area contributed by atoms with Gasteiger partial charge in [-0.05, 0) is 20.8 Å². The Kier molecular flexibility index (Phi) is 3.48. The van der Waals surface area contributed by atoms with Crippen molar-refractivity contribution in [3.05, 3.63) is 17.5 Å². The quantitative estimate of drug-likeness (QED) is 0.835. The van der Waals surface area contributed by atoms with E-state index in [2.05, 4.69) is 58.2 Å². The molecule has 0 atom stereocenters. The molecule has 92 valence electrons. The third kappa shape index (κ3) is 3.63. The van der Waals surface area contributed by atoms with Crippen LogP contribution in [0.2, 0.25) is 0 Å². The third-order valence-corrected chi connectivity index (χ3v) is 2.42. The van der Waals surface area contributed by atoms with Gasteiger partial charge in [-0.15, -0.1) is 0 Å². The molecule has 0 fully saturated rings. The van der Waals surface area contributed by atoms with Crippen molar-refractivity contribution in [2.24, 2.45) is 7.05 Å². The van der Waals surface area contributed by atoms with E-state index in [0.29, 0.717) is 0 Å². The van der Waals surface area contributed by atoms with Gasteiger partial charge in [0.2, 0.25) is 0 Å². The second kappa shape index (κ2) is 4.21. The van der Waals surface area contributed by atoms with Crippen LogP contribution in [0.4, 0.5) is 0 Å². The molecule has 1 N–H and O–H groups in total. The summed E-state index contributed by atoms with van der Waals surface area (Å²) in [4.78, 5) is 0. The number of aryl methyl sites for hydroxylation is 1. The van der Waals surface area contributed by atoms with Crippen LogP contribution in [0.1, 0.15) is 52.8 Å². The van der Waals surface area contributed by atoms with Gasteiger partial charge in [-0.2, -0.15) is 5.10 Å². The lowest BCUT2D eigenvalue weighted by Crippen LogP contribution is -2.35. The highest BCUT2D eigenvalue weighted by atomic mass is 15.3. The monoisotopic (exact) mass is 223 g/mol. The average molecular weight is 223 g/mol. The van der Waals surface area contributed by atoms with Gasteiger partial charge in [-0.3, -0.25) is 4.68 Å². The Morgan fingerprint density at radius 2 is 1.75 bits per heavy atom. The van der Waals surface area contributed by atoms with Gasteiger partial charge < -0.3 is 5.32 Å². The largest absolute Gasteiger partial charge is 0.308 e. The molecule has 1 aromatic rings. The van der Waals surface area contributed by atoms with E-state index in [1.807, 2.05) is 11.7 Å². The summed E-state index contributed by atoms with van der Waals surface area (Å²) in [6.07, 6.45) is 2.11. The van der Waals surface area contributed by atoms with E-state index in [9.17, 15) is 0 Å². The SMILES string of the molecule is Cn1cc(CNC(C)(C)C)c(C(C)(C)C)n1. The molecule has 0 radical (unpaired) electrons. The minimum atomic E-state index is 0.107. The Labute approximate surface area is 99.2 Å². The normalized spacial score (nSPS) is 13.2. The van der Waals surface area contributed by atoms with Crippen molar-refractivity contribution < 1.29 is 0 Å². The first kappa shape index (κ1) is 13.2. The van der Waals surface area contributed by atoms with Crippen LogP contribution in [0.5, 0.6) is 0 Å². The van der Waals surface area contributed by atoms with Gasteiger partial charge in [0.25, 0.3) is 0 Å². The minimum absolute atomic E-state index is 0.107. The van der Waals surface area contributed by atoms with E-state index in [4.69, 9.17) is 0 Å². The first-order valence-corrected chi connectivity index (χ1v) is 5.87. The fourth-order valence-electron chi connectivity index (χ4n) is 1.66. The van der Waals surface area contributed by atoms with Crippen molar-refractivity contribution >= 4 is 0 Å². The standard InChI is InChI=1S/C13H25N3/c1-12(2,3)11-10(9-16(7)15-11)8-14-13(4,5)6/h9,14H,8H2,1-7H3. The fourth-order valence-corrected chi connectivity index (χ4v) is 1.66. The Morgan fingerprint density at radius 3 is 2.19 bits per heavy atom. The van der Waals surface area contributed by atoms with Crippen LogP contribution in [0.3, 0.4) is 0 Å². The van der Waals surface area contributed by atoms with Crippen LogP contribution >= 0.6 is 0 Å². The van der Waals surface area contributed by atoms with Crippen LogP contribution in [-0.2, 0) is 19.0 Å². The lowest BCUT2D eigenvalue weighted by Gasteiger charge is -2.22. The molecule has 3 heteroatoms. The highest BCUT2D eigenvalue weighted by molar-refractivity contribution is 5.24. The zero-order valence-corrected chi connectivity index (χ0v) is 11.7. The highest BCUT2D eigenvalue weighted by Gasteiger charge is 2.22. The zero-order valence-electron chi connectivity index (χ0n) is 11.7. The molecule has 0 aliphatic carbocycles. The summed E-state index contributed by atoms with van der Waals surface area (Å²) >= 11 is 0. The molecular formula is C13H25N3. The summed E-state index contributed by atoms with van der Waals surface area (Å²) in [6, 6.07) is 0. The maximum absolute atomic E-state index is 4.56. The second-order valence-electron chi connectivity index (χ2n) is 6.53. The van der Waals surface area contributed by atoms with Gasteiger partial charge in [-0.1, -0.05) is 20.8 Å². The molecule has 1 heterocycles. The zero-order chi connectivity index (χ0) is 12.6. The molecule has 1 rings (SSSR count). The van der Waals surface area contributed by atoms with E-state index in [1.165, 1.54) is 11.3 Å². The molecule has 0 saturated carbocycles. The van der Waals surface area contributed by atoms with Crippen LogP contribution < -0.4 is 5.32 Å². The molecule has 0 spiro atoms. The minimum Gasteiger partial charge on any atom is -0.308 e. The van der Waals surface area contributed by atoms with Crippen LogP contribution in [-0.4, -0.2) is 15.3 Å². The van der Waals surface area contributed by atoms with Gasteiger partial charge in [0.15, 0.2) is 0 Å². The van der Waals surface area contributed by atoms with Gasteiger partial charge in [0, 0.05) is 36.3 Å². The van der Waals surface area contributed by atoms with Gasteiger partial charge in [-0.25, -0.2) is 0 Å². The fraction of sp³-hybridized carbons (Fsp3) is 0.769. The second-order valence-corrected chi connectivity index (χ2v) is 6.53. The lowest BCUT2D eigenvalue weighted by atomic mass is 9.89. The Bertz CT molecular complexity index is 350. The van der Waals surface area contributed by atoms with Crippen LogP contribution in [0.15, 0.2) is 6.20 Å². The van der Waals surface area contributed by atoms with Crippen molar-refractivity contribution in [2.75, 3.05) is 0 Å². The number of hydrogen-bond donors (Lipinski definition) is 1. The first-order valence-electron chi connectivity index (χ1n) is 5.87. The molecule has 0 aliphatic heterocycles. The van der Waals surface area contributed by atoms with Gasteiger partial charge in [0.1, 0.15) is 0 Å². The Hall–Kier alpha value is -0.830. The molecular weight excluding hydrogens is 198 g/mol. The number of nitrogens with one attached hydrogen (secondary N) is 1. The molecule has 0 bridgehead atoms. The first-order chi connectivity index (χ1) is 7.09. The summed E-state index contributed by atoms with van der Waals surface area (Å²) in [5.74, 6) is 0. The molecule has 0 aromatic carbocycles. The van der Waals surface area contributed by atoms with Crippen molar-refractivity contribution in [1.82, 2.24) is 15.1 Å². The van der Waals surface area contributed by atoms with Crippen molar-refractivity contribution in [3.63, 3.8) is 0 Å². The van der Waals surface area contributed by atoms with E-state index in [0.717, 1.165) is 6.54 Å². The predicted molar refractivity (Wildman–Crippen MR) is 68.5 cm³/mol. The molecule has 0 aliphatic rings. The van der Waals surface area contributed by atoms with Crippen molar-refractivity contribution in [1.29, 1.82) is 0 Å². The number of nitrogens with zero attached hydrogens (tertiary/aromatic N) is 2. The van der Waals surface area contributed by atoms with Crippen LogP contribution in [0, 0.1) is 0 Å². The summed E-state index contributed by atoms with van der Waals surface area (Å²) in [5.41, 5.74) is 2.73. The summed E-state index contributed by atoms with van der Waals surface area (Å²) in [5, 5.41) is 8.07. The highest BCUT2D eigenvalue weighted by Crippen LogP contribution is 2.24. The maximum Gasteiger partial charge on any atom is 0.0722 e. The maximum atomic E-state index is 4.56. The molecule has 3 nitrogen and oxygen atoms in total. The van der Waals surface area contributed by atoms with Crippen molar-refractivity contribution in [2.45, 2.75) is 59.0 Å². The third-order valence-electron chi connectivity index (χ3n) is 2.42. The molecule has 0 amide bonds. The smallest absolute Gasteiger partial charge is 0.0722 e.